The van der Waals surface area contributed by atoms with Crippen LogP contribution in [0.25, 0.3) is 16.7 Å². The summed E-state index contributed by atoms with van der Waals surface area (Å²) in [6, 6.07) is 15.1. The lowest BCUT2D eigenvalue weighted by molar-refractivity contribution is -0.384. The number of aliphatic hydroxyl groups is 1. The molecule has 1 unspecified atom stereocenters. The van der Waals surface area contributed by atoms with E-state index in [0.29, 0.717) is 17.9 Å². The number of Topliss-reactive ketones (excluding diaryl/α,β-unsaturated/α-hetero) is 1. The molecule has 2 aromatic heterocycles. The Morgan fingerprint density at radius 1 is 1.16 bits per heavy atom. The Bertz CT molecular complexity index is 1560. The minimum Gasteiger partial charge on any atom is -0.507 e. The molecule has 1 saturated heterocycles. The Labute approximate surface area is 211 Å². The molecule has 1 amide bonds. The van der Waals surface area contributed by atoms with E-state index in [0.717, 1.165) is 22.5 Å². The molecule has 0 spiro atoms. The van der Waals surface area contributed by atoms with Crippen LogP contribution in [0.15, 0.2) is 78.6 Å². The third-order valence-corrected chi connectivity index (χ3v) is 6.43. The minimum absolute atomic E-state index is 0.0665. The minimum atomic E-state index is -0.958. The first-order valence-corrected chi connectivity index (χ1v) is 11.5. The van der Waals surface area contributed by atoms with E-state index in [1.807, 2.05) is 24.4 Å². The van der Waals surface area contributed by atoms with Crippen molar-refractivity contribution >= 4 is 34.0 Å². The maximum Gasteiger partial charge on any atom is 0.295 e. The first kappa shape index (κ1) is 23.7. The van der Waals surface area contributed by atoms with Crippen molar-refractivity contribution in [3.63, 3.8) is 0 Å². The molecule has 2 aromatic carbocycles. The highest BCUT2D eigenvalue weighted by Gasteiger charge is 2.46. The number of carbonyl (C=O) groups excluding carboxylic acids is 2. The molecule has 1 aliphatic rings. The SMILES string of the molecule is COc1ccc2[nH]cc(CCN3C(=O)C(=O)/C(=C(\O)c4cccc([N+](=O)[O-])c4)C3c3ccccn3)c2c1. The molecule has 0 radical (unpaired) electrons. The zero-order chi connectivity index (χ0) is 26.1. The number of non-ortho nitro benzene ring substituents is 1. The van der Waals surface area contributed by atoms with Gasteiger partial charge in [0.1, 0.15) is 17.6 Å². The van der Waals surface area contributed by atoms with Gasteiger partial charge in [0.15, 0.2) is 0 Å². The van der Waals surface area contributed by atoms with Crippen LogP contribution in [0.1, 0.15) is 22.9 Å². The van der Waals surface area contributed by atoms with E-state index in [1.54, 1.807) is 25.3 Å². The number of methoxy groups -OCH3 is 1. The fourth-order valence-electron chi connectivity index (χ4n) is 4.61. The molecule has 1 aliphatic heterocycles. The Kier molecular flexibility index (Phi) is 6.14. The molecule has 0 saturated carbocycles. The van der Waals surface area contributed by atoms with Crippen molar-refractivity contribution < 1.29 is 24.4 Å². The number of likely N-dealkylation sites (tertiary alicyclic amines) is 1. The lowest BCUT2D eigenvalue weighted by atomic mass is 9.98. The lowest BCUT2D eigenvalue weighted by Crippen LogP contribution is -2.32. The van der Waals surface area contributed by atoms with Gasteiger partial charge in [0, 0.05) is 47.5 Å². The molecule has 4 aromatic rings. The van der Waals surface area contributed by atoms with Crippen molar-refractivity contribution in [1.29, 1.82) is 0 Å². The zero-order valence-electron chi connectivity index (χ0n) is 19.7. The normalized spacial score (nSPS) is 16.9. The summed E-state index contributed by atoms with van der Waals surface area (Å²) in [4.78, 5) is 46.0. The molecule has 0 bridgehead atoms. The maximum atomic E-state index is 13.2. The van der Waals surface area contributed by atoms with Crippen molar-refractivity contribution in [1.82, 2.24) is 14.9 Å². The van der Waals surface area contributed by atoms with E-state index in [2.05, 4.69) is 9.97 Å². The van der Waals surface area contributed by atoms with Crippen LogP contribution in [-0.4, -0.2) is 50.2 Å². The molecule has 37 heavy (non-hydrogen) atoms. The van der Waals surface area contributed by atoms with Gasteiger partial charge in [-0.15, -0.1) is 0 Å². The number of fused-ring (bicyclic) bond motifs is 1. The summed E-state index contributed by atoms with van der Waals surface area (Å²) in [5, 5.41) is 23.3. The van der Waals surface area contributed by atoms with Gasteiger partial charge in [-0.2, -0.15) is 0 Å². The largest absolute Gasteiger partial charge is 0.507 e. The van der Waals surface area contributed by atoms with Gasteiger partial charge in [-0.05, 0) is 42.3 Å². The summed E-state index contributed by atoms with van der Waals surface area (Å²) in [6.45, 7) is 0.168. The number of hydrogen-bond acceptors (Lipinski definition) is 7. The predicted molar refractivity (Wildman–Crippen MR) is 135 cm³/mol. The number of carbonyl (C=O) groups is 2. The number of aromatic amines is 1. The number of nitro groups is 1. The Morgan fingerprint density at radius 2 is 2.00 bits per heavy atom. The Morgan fingerprint density at radius 3 is 2.73 bits per heavy atom. The standard InChI is InChI=1S/C27H22N4O6/c1-37-19-8-9-21-20(14-19)17(15-29-21)10-12-30-24(22-7-2-3-11-28-22)23(26(33)27(30)34)25(32)16-5-4-6-18(13-16)31(35)36/h2-9,11,13-15,24,29,32H,10,12H2,1H3/b25-23-. The number of nitro benzene ring substituents is 1. The van der Waals surface area contributed by atoms with Gasteiger partial charge in [0.25, 0.3) is 17.4 Å². The Balaban J connectivity index is 1.55. The van der Waals surface area contributed by atoms with Crippen molar-refractivity contribution in [2.24, 2.45) is 0 Å². The Hall–Kier alpha value is -4.99. The highest BCUT2D eigenvalue weighted by atomic mass is 16.6. The number of rotatable bonds is 7. The summed E-state index contributed by atoms with van der Waals surface area (Å²) >= 11 is 0. The van der Waals surface area contributed by atoms with Crippen LogP contribution < -0.4 is 4.74 Å². The van der Waals surface area contributed by atoms with Gasteiger partial charge in [0.2, 0.25) is 0 Å². The number of amides is 1. The van der Waals surface area contributed by atoms with Crippen LogP contribution in [0.2, 0.25) is 0 Å². The number of benzene rings is 2. The number of pyridine rings is 1. The fourth-order valence-corrected chi connectivity index (χ4v) is 4.61. The van der Waals surface area contributed by atoms with E-state index in [1.165, 1.54) is 29.3 Å². The van der Waals surface area contributed by atoms with Crippen LogP contribution in [0.4, 0.5) is 5.69 Å². The number of hydrogen-bond donors (Lipinski definition) is 2. The molecule has 1 atom stereocenters. The molecule has 10 nitrogen and oxygen atoms in total. The summed E-state index contributed by atoms with van der Waals surface area (Å²) in [5.74, 6) is -1.45. The maximum absolute atomic E-state index is 13.2. The van der Waals surface area contributed by atoms with Gasteiger partial charge in [-0.25, -0.2) is 0 Å². The molecule has 2 N–H and O–H groups in total. The van der Waals surface area contributed by atoms with Crippen LogP contribution in [-0.2, 0) is 16.0 Å². The van der Waals surface area contributed by atoms with Crippen molar-refractivity contribution in [2.45, 2.75) is 12.5 Å². The molecule has 5 rings (SSSR count). The van der Waals surface area contributed by atoms with Gasteiger partial charge < -0.3 is 19.7 Å². The number of H-pyrrole nitrogens is 1. The first-order valence-electron chi connectivity index (χ1n) is 11.5. The lowest BCUT2D eigenvalue weighted by Gasteiger charge is -2.24. The monoisotopic (exact) mass is 498 g/mol. The molecule has 3 heterocycles. The number of aliphatic hydroxyl groups excluding tert-OH is 1. The fraction of sp³-hybridized carbons (Fsp3) is 0.148. The van der Waals surface area contributed by atoms with E-state index < -0.39 is 28.4 Å². The van der Waals surface area contributed by atoms with E-state index in [-0.39, 0.29) is 23.4 Å². The topological polar surface area (TPSA) is 139 Å². The summed E-state index contributed by atoms with van der Waals surface area (Å²) in [5.41, 5.74) is 1.89. The smallest absolute Gasteiger partial charge is 0.295 e. The number of nitrogens with one attached hydrogen (secondary N) is 1. The summed E-state index contributed by atoms with van der Waals surface area (Å²) in [7, 11) is 1.58. The molecule has 1 fully saturated rings. The average molecular weight is 498 g/mol. The third kappa shape index (κ3) is 4.29. The van der Waals surface area contributed by atoms with Crippen molar-refractivity contribution in [3.8, 4) is 5.75 Å². The number of ether oxygens (including phenoxy) is 1. The van der Waals surface area contributed by atoms with E-state index in [4.69, 9.17) is 4.74 Å². The first-order chi connectivity index (χ1) is 17.9. The van der Waals surface area contributed by atoms with E-state index >= 15 is 0 Å². The molecular weight excluding hydrogens is 476 g/mol. The highest BCUT2D eigenvalue weighted by Crippen LogP contribution is 2.39. The van der Waals surface area contributed by atoms with Crippen LogP contribution in [0.5, 0.6) is 5.75 Å². The van der Waals surface area contributed by atoms with Crippen molar-refractivity contribution in [3.05, 3.63) is 106 Å². The van der Waals surface area contributed by atoms with Crippen LogP contribution in [0, 0.1) is 10.1 Å². The molecular formula is C27H22N4O6. The van der Waals surface area contributed by atoms with Gasteiger partial charge >= 0.3 is 0 Å². The second-order valence-electron chi connectivity index (χ2n) is 8.53. The second kappa shape index (κ2) is 9.57. The predicted octanol–water partition coefficient (Wildman–Crippen LogP) is 4.14. The number of nitrogens with zero attached hydrogens (tertiary/aromatic N) is 3. The highest BCUT2D eigenvalue weighted by molar-refractivity contribution is 6.46. The molecule has 10 heteroatoms. The molecule has 0 aliphatic carbocycles. The quantitative estimate of drug-likeness (QED) is 0.128. The van der Waals surface area contributed by atoms with Crippen LogP contribution in [0.3, 0.4) is 0 Å². The summed E-state index contributed by atoms with van der Waals surface area (Å²) in [6.07, 6.45) is 3.80. The zero-order valence-corrected chi connectivity index (χ0v) is 19.7. The third-order valence-electron chi connectivity index (χ3n) is 6.43. The summed E-state index contributed by atoms with van der Waals surface area (Å²) < 4.78 is 5.33. The van der Waals surface area contributed by atoms with E-state index in [9.17, 15) is 24.8 Å². The second-order valence-corrected chi connectivity index (χ2v) is 8.53. The molecule has 186 valence electrons. The van der Waals surface area contributed by atoms with Gasteiger partial charge in [-0.1, -0.05) is 18.2 Å². The van der Waals surface area contributed by atoms with Crippen molar-refractivity contribution in [2.75, 3.05) is 13.7 Å². The average Bonchev–Trinajstić information content (AvgIpc) is 3.44. The van der Waals surface area contributed by atoms with Gasteiger partial charge in [0.05, 0.1) is 23.3 Å². The number of ketones is 1. The van der Waals surface area contributed by atoms with Gasteiger partial charge in [-0.3, -0.25) is 24.7 Å². The number of aromatic nitrogens is 2. The van der Waals surface area contributed by atoms with Crippen LogP contribution >= 0.6 is 0 Å².